The molecule has 0 heterocycles. The zero-order valence-corrected chi connectivity index (χ0v) is 10.7. The number of unbranched alkanes of at least 4 members (excludes halogenated alkanes) is 1. The summed E-state index contributed by atoms with van der Waals surface area (Å²) < 4.78 is 13.4. The van der Waals surface area contributed by atoms with Crippen molar-refractivity contribution in [1.29, 1.82) is 5.26 Å². The lowest BCUT2D eigenvalue weighted by molar-refractivity contribution is 0.333. The zero-order chi connectivity index (χ0) is 12.7. The summed E-state index contributed by atoms with van der Waals surface area (Å²) in [5, 5.41) is 8.98. The predicted octanol–water partition coefficient (Wildman–Crippen LogP) is 3.26. The molecule has 0 aromatic heterocycles. The minimum absolute atomic E-state index is 0.208. The smallest absolute Gasteiger partial charge is 0.126 e. The molecule has 0 N–H and O–H groups in total. The van der Waals surface area contributed by atoms with Crippen LogP contribution in [0.1, 0.15) is 18.4 Å². The Morgan fingerprint density at radius 1 is 1.41 bits per heavy atom. The van der Waals surface area contributed by atoms with Crippen LogP contribution >= 0.6 is 11.6 Å². The lowest BCUT2D eigenvalue weighted by Crippen LogP contribution is -2.22. The molecule has 0 saturated heterocycles. The van der Waals surface area contributed by atoms with E-state index in [9.17, 15) is 4.39 Å². The molecule has 0 saturated carbocycles. The number of benzene rings is 1. The molecule has 0 unspecified atom stereocenters. The molecule has 0 amide bonds. The van der Waals surface area contributed by atoms with Crippen molar-refractivity contribution in [2.45, 2.75) is 19.3 Å². The van der Waals surface area contributed by atoms with Crippen molar-refractivity contribution in [3.8, 4) is 6.07 Å². The summed E-state index contributed by atoms with van der Waals surface area (Å²) in [7, 11) is 1.97. The molecule has 0 aliphatic rings. The fraction of sp³-hybridized carbons (Fsp3) is 0.462. The van der Waals surface area contributed by atoms with Crippen LogP contribution in [0.3, 0.4) is 0 Å². The van der Waals surface area contributed by atoms with E-state index in [1.54, 1.807) is 12.1 Å². The Morgan fingerprint density at radius 3 is 2.88 bits per heavy atom. The summed E-state index contributed by atoms with van der Waals surface area (Å²) in [4.78, 5) is 2.09. The van der Waals surface area contributed by atoms with Crippen LogP contribution in [0, 0.1) is 17.1 Å². The van der Waals surface area contributed by atoms with Crippen LogP contribution < -0.4 is 0 Å². The fourth-order valence-corrected chi connectivity index (χ4v) is 1.78. The van der Waals surface area contributed by atoms with Gasteiger partial charge in [-0.05, 0) is 50.2 Å². The van der Waals surface area contributed by atoms with Gasteiger partial charge in [-0.15, -0.1) is 0 Å². The van der Waals surface area contributed by atoms with Crippen LogP contribution in [-0.4, -0.2) is 25.0 Å². The van der Waals surface area contributed by atoms with Crippen LogP contribution in [0.5, 0.6) is 0 Å². The van der Waals surface area contributed by atoms with Gasteiger partial charge < -0.3 is 4.90 Å². The molecule has 1 rings (SSSR count). The van der Waals surface area contributed by atoms with E-state index in [1.807, 2.05) is 7.05 Å². The summed E-state index contributed by atoms with van der Waals surface area (Å²) in [6, 6.07) is 6.72. The number of nitrogens with zero attached hydrogens (tertiary/aromatic N) is 2. The van der Waals surface area contributed by atoms with E-state index in [0.717, 1.165) is 19.5 Å². The van der Waals surface area contributed by atoms with Gasteiger partial charge in [0.25, 0.3) is 0 Å². The highest BCUT2D eigenvalue weighted by atomic mass is 35.5. The second kappa shape index (κ2) is 7.26. The van der Waals surface area contributed by atoms with Crippen LogP contribution in [0.25, 0.3) is 0 Å². The first kappa shape index (κ1) is 14.0. The molecular formula is C13H16ClFN2. The maximum Gasteiger partial charge on any atom is 0.126 e. The van der Waals surface area contributed by atoms with E-state index >= 15 is 0 Å². The average molecular weight is 255 g/mol. The van der Waals surface area contributed by atoms with E-state index in [2.05, 4.69) is 11.0 Å². The number of hydrogen-bond donors (Lipinski definition) is 0. The highest BCUT2D eigenvalue weighted by Crippen LogP contribution is 2.15. The first-order valence-electron chi connectivity index (χ1n) is 5.63. The van der Waals surface area contributed by atoms with Crippen LogP contribution in [-0.2, 0) is 6.42 Å². The molecule has 0 atom stereocenters. The Labute approximate surface area is 107 Å². The molecule has 17 heavy (non-hydrogen) atoms. The van der Waals surface area contributed by atoms with E-state index in [-0.39, 0.29) is 5.82 Å². The maximum absolute atomic E-state index is 13.4. The van der Waals surface area contributed by atoms with E-state index in [4.69, 9.17) is 16.9 Å². The van der Waals surface area contributed by atoms with Gasteiger partial charge in [-0.3, -0.25) is 0 Å². The summed E-state index contributed by atoms with van der Waals surface area (Å²) in [6.07, 6.45) is 2.05. The SMILES string of the molecule is CN(CCCC#N)CCc1cc(Cl)ccc1F. The van der Waals surface area contributed by atoms with Gasteiger partial charge in [-0.2, -0.15) is 5.26 Å². The Bertz CT molecular complexity index is 401. The maximum atomic E-state index is 13.4. The van der Waals surface area contributed by atoms with E-state index in [0.29, 0.717) is 23.4 Å². The van der Waals surface area contributed by atoms with Crippen LogP contribution in [0.2, 0.25) is 5.02 Å². The Hall–Kier alpha value is -1.11. The van der Waals surface area contributed by atoms with Crippen molar-refractivity contribution in [3.63, 3.8) is 0 Å². The van der Waals surface area contributed by atoms with Gasteiger partial charge in [0.1, 0.15) is 5.82 Å². The van der Waals surface area contributed by atoms with Gasteiger partial charge in [-0.1, -0.05) is 11.6 Å². The number of likely N-dealkylation sites (N-methyl/N-ethyl adjacent to an activating group) is 1. The molecule has 0 bridgehead atoms. The summed E-state index contributed by atoms with van der Waals surface area (Å²) in [6.45, 7) is 1.62. The van der Waals surface area contributed by atoms with Gasteiger partial charge in [-0.25, -0.2) is 4.39 Å². The average Bonchev–Trinajstić information content (AvgIpc) is 2.31. The van der Waals surface area contributed by atoms with Crippen molar-refractivity contribution < 1.29 is 4.39 Å². The number of nitriles is 1. The normalized spacial score (nSPS) is 10.5. The summed E-state index contributed by atoms with van der Waals surface area (Å²) >= 11 is 5.82. The molecule has 0 aliphatic heterocycles. The molecule has 0 radical (unpaired) electrons. The monoisotopic (exact) mass is 254 g/mol. The predicted molar refractivity (Wildman–Crippen MR) is 67.5 cm³/mol. The first-order valence-corrected chi connectivity index (χ1v) is 6.00. The lowest BCUT2D eigenvalue weighted by atomic mass is 10.1. The standard InChI is InChI=1S/C13H16ClFN2/c1-17(8-3-2-7-16)9-6-11-10-12(14)4-5-13(11)15/h4-5,10H,2-3,6,8-9H2,1H3. The molecule has 92 valence electrons. The zero-order valence-electron chi connectivity index (χ0n) is 9.92. The largest absolute Gasteiger partial charge is 0.306 e. The van der Waals surface area contributed by atoms with Gasteiger partial charge in [0, 0.05) is 18.0 Å². The fourth-order valence-electron chi connectivity index (χ4n) is 1.59. The van der Waals surface area contributed by atoms with Crippen molar-refractivity contribution in [2.24, 2.45) is 0 Å². The third kappa shape index (κ3) is 5.16. The quantitative estimate of drug-likeness (QED) is 0.729. The topological polar surface area (TPSA) is 27.0 Å². The van der Waals surface area contributed by atoms with Crippen molar-refractivity contribution in [2.75, 3.05) is 20.1 Å². The molecule has 1 aromatic rings. The molecule has 2 nitrogen and oxygen atoms in total. The van der Waals surface area contributed by atoms with Gasteiger partial charge in [0.2, 0.25) is 0 Å². The number of halogens is 2. The molecule has 1 aromatic carbocycles. The van der Waals surface area contributed by atoms with Crippen molar-refractivity contribution >= 4 is 11.6 Å². The summed E-state index contributed by atoms with van der Waals surface area (Å²) in [5.41, 5.74) is 0.643. The second-order valence-corrected chi connectivity index (χ2v) is 4.49. The van der Waals surface area contributed by atoms with Gasteiger partial charge in [0.15, 0.2) is 0 Å². The first-order chi connectivity index (χ1) is 8.13. The second-order valence-electron chi connectivity index (χ2n) is 4.05. The molecule has 0 aliphatic carbocycles. The third-order valence-electron chi connectivity index (χ3n) is 2.60. The molecular weight excluding hydrogens is 239 g/mol. The third-order valence-corrected chi connectivity index (χ3v) is 2.83. The molecule has 4 heteroatoms. The van der Waals surface area contributed by atoms with Crippen LogP contribution in [0.4, 0.5) is 4.39 Å². The Balaban J connectivity index is 2.39. The molecule has 0 spiro atoms. The van der Waals surface area contributed by atoms with Crippen molar-refractivity contribution in [3.05, 3.63) is 34.6 Å². The summed E-state index contributed by atoms with van der Waals surface area (Å²) in [5.74, 6) is -0.208. The van der Waals surface area contributed by atoms with E-state index in [1.165, 1.54) is 6.07 Å². The minimum atomic E-state index is -0.208. The number of rotatable bonds is 6. The Morgan fingerprint density at radius 2 is 2.18 bits per heavy atom. The lowest BCUT2D eigenvalue weighted by Gasteiger charge is -2.15. The van der Waals surface area contributed by atoms with E-state index < -0.39 is 0 Å². The highest BCUT2D eigenvalue weighted by molar-refractivity contribution is 6.30. The van der Waals surface area contributed by atoms with Crippen LogP contribution in [0.15, 0.2) is 18.2 Å². The highest BCUT2D eigenvalue weighted by Gasteiger charge is 2.05. The van der Waals surface area contributed by atoms with Crippen molar-refractivity contribution in [1.82, 2.24) is 4.90 Å². The van der Waals surface area contributed by atoms with Gasteiger partial charge >= 0.3 is 0 Å². The minimum Gasteiger partial charge on any atom is -0.306 e. The molecule has 0 fully saturated rings. The number of hydrogen-bond acceptors (Lipinski definition) is 2. The Kier molecular flexibility index (Phi) is 5.96. The van der Waals surface area contributed by atoms with Gasteiger partial charge in [0.05, 0.1) is 6.07 Å².